The zero-order valence-corrected chi connectivity index (χ0v) is 20.3. The van der Waals surface area contributed by atoms with Gasteiger partial charge in [-0.25, -0.2) is 4.79 Å². The van der Waals surface area contributed by atoms with Crippen LogP contribution in [-0.2, 0) is 14.3 Å². The standard InChI is InChI=1S/C28H34N2O5/c1-17(2)15-25(26(31)29-24-14-8-7-13-22(24)27(32)33)30-28(34)35-16-23-20-11-5-3-9-18(20)19-10-4-6-12-21(19)23/h3-6,9-12,17,22-25H,7-8,13-16H2,1-2H3,(H,29,31)(H,30,34)(H,32,33)/t22-,24+,25+/m1/s1. The number of carboxylic acids is 1. The number of alkyl carbamates (subject to hydrolysis) is 1. The van der Waals surface area contributed by atoms with Crippen LogP contribution < -0.4 is 10.6 Å². The van der Waals surface area contributed by atoms with Gasteiger partial charge in [0, 0.05) is 12.0 Å². The van der Waals surface area contributed by atoms with Gasteiger partial charge in [0.05, 0.1) is 5.92 Å². The first-order chi connectivity index (χ1) is 16.8. The van der Waals surface area contributed by atoms with Gasteiger partial charge in [0.1, 0.15) is 12.6 Å². The van der Waals surface area contributed by atoms with Gasteiger partial charge < -0.3 is 20.5 Å². The summed E-state index contributed by atoms with van der Waals surface area (Å²) in [5.74, 6) is -1.75. The molecule has 2 aromatic carbocycles. The zero-order chi connectivity index (χ0) is 24.9. The number of carboxylic acid groups (broad SMARTS) is 1. The van der Waals surface area contributed by atoms with Gasteiger partial charge in [-0.05, 0) is 47.4 Å². The summed E-state index contributed by atoms with van der Waals surface area (Å²) in [7, 11) is 0. The summed E-state index contributed by atoms with van der Waals surface area (Å²) in [4.78, 5) is 37.5. The summed E-state index contributed by atoms with van der Waals surface area (Å²) >= 11 is 0. The lowest BCUT2D eigenvalue weighted by Gasteiger charge is -2.31. The van der Waals surface area contributed by atoms with Gasteiger partial charge in [0.2, 0.25) is 5.91 Å². The first-order valence-corrected chi connectivity index (χ1v) is 12.5. The highest BCUT2D eigenvalue weighted by Crippen LogP contribution is 2.44. The molecule has 0 aliphatic heterocycles. The molecule has 1 saturated carbocycles. The number of hydrogen-bond acceptors (Lipinski definition) is 4. The normalized spacial score (nSPS) is 20.0. The van der Waals surface area contributed by atoms with Crippen LogP contribution >= 0.6 is 0 Å². The van der Waals surface area contributed by atoms with Crippen molar-refractivity contribution in [2.75, 3.05) is 6.61 Å². The number of ether oxygens (including phenoxy) is 1. The zero-order valence-electron chi connectivity index (χ0n) is 20.3. The number of fused-ring (bicyclic) bond motifs is 3. The molecule has 0 heterocycles. The third-order valence-electron chi connectivity index (χ3n) is 7.07. The van der Waals surface area contributed by atoms with Crippen LogP contribution in [0.15, 0.2) is 48.5 Å². The molecule has 3 N–H and O–H groups in total. The van der Waals surface area contributed by atoms with Crippen molar-refractivity contribution in [2.24, 2.45) is 11.8 Å². The molecule has 2 amide bonds. The third-order valence-corrected chi connectivity index (χ3v) is 7.07. The molecule has 3 atom stereocenters. The maximum Gasteiger partial charge on any atom is 0.407 e. The summed E-state index contributed by atoms with van der Waals surface area (Å²) in [6, 6.07) is 15.0. The Morgan fingerprint density at radius 3 is 2.17 bits per heavy atom. The molecule has 4 rings (SSSR count). The fourth-order valence-corrected chi connectivity index (χ4v) is 5.37. The quantitative estimate of drug-likeness (QED) is 0.510. The lowest BCUT2D eigenvalue weighted by Crippen LogP contribution is -2.53. The molecule has 7 heteroatoms. The predicted molar refractivity (Wildman–Crippen MR) is 133 cm³/mol. The van der Waals surface area contributed by atoms with Crippen LogP contribution in [0.3, 0.4) is 0 Å². The fourth-order valence-electron chi connectivity index (χ4n) is 5.37. The Morgan fingerprint density at radius 2 is 1.57 bits per heavy atom. The number of amides is 2. The van der Waals surface area contributed by atoms with E-state index in [9.17, 15) is 19.5 Å². The molecule has 1 fully saturated rings. The summed E-state index contributed by atoms with van der Waals surface area (Å²) in [5.41, 5.74) is 4.54. The van der Waals surface area contributed by atoms with Crippen molar-refractivity contribution in [3.8, 4) is 11.1 Å². The van der Waals surface area contributed by atoms with E-state index in [0.717, 1.165) is 35.1 Å². The maximum absolute atomic E-state index is 13.1. The monoisotopic (exact) mass is 478 g/mol. The minimum atomic E-state index is -0.889. The number of hydrogen-bond donors (Lipinski definition) is 3. The van der Waals surface area contributed by atoms with Crippen molar-refractivity contribution < 1.29 is 24.2 Å². The second-order valence-electron chi connectivity index (χ2n) is 10.00. The Kier molecular flexibility index (Phi) is 7.73. The Balaban J connectivity index is 1.40. The molecule has 0 saturated heterocycles. The Morgan fingerprint density at radius 1 is 0.971 bits per heavy atom. The molecular weight excluding hydrogens is 444 g/mol. The van der Waals surface area contributed by atoms with Crippen molar-refractivity contribution in [1.82, 2.24) is 10.6 Å². The molecule has 35 heavy (non-hydrogen) atoms. The van der Waals surface area contributed by atoms with Gasteiger partial charge in [0.25, 0.3) is 0 Å². The second kappa shape index (κ2) is 10.9. The first-order valence-electron chi connectivity index (χ1n) is 12.5. The van der Waals surface area contributed by atoms with Gasteiger partial charge in [-0.2, -0.15) is 0 Å². The van der Waals surface area contributed by atoms with E-state index in [0.29, 0.717) is 19.3 Å². The van der Waals surface area contributed by atoms with Gasteiger partial charge in [-0.15, -0.1) is 0 Å². The Labute approximate surface area is 206 Å². The number of aliphatic carboxylic acids is 1. The van der Waals surface area contributed by atoms with E-state index in [4.69, 9.17) is 4.74 Å². The molecule has 0 spiro atoms. The number of carbonyl (C=O) groups excluding carboxylic acids is 2. The lowest BCUT2D eigenvalue weighted by molar-refractivity contribution is -0.144. The Bertz CT molecular complexity index is 1040. The number of rotatable bonds is 8. The topological polar surface area (TPSA) is 105 Å². The molecule has 0 bridgehead atoms. The smallest absolute Gasteiger partial charge is 0.407 e. The molecule has 0 unspecified atom stereocenters. The summed E-state index contributed by atoms with van der Waals surface area (Å²) in [5, 5.41) is 15.2. The molecule has 2 aliphatic rings. The van der Waals surface area contributed by atoms with Crippen LogP contribution in [0.1, 0.15) is 63.0 Å². The molecular formula is C28H34N2O5. The highest BCUT2D eigenvalue weighted by molar-refractivity contribution is 5.86. The van der Waals surface area contributed by atoms with Crippen LogP contribution in [0.2, 0.25) is 0 Å². The first kappa shape index (κ1) is 24.8. The largest absolute Gasteiger partial charge is 0.481 e. The minimum Gasteiger partial charge on any atom is -0.481 e. The van der Waals surface area contributed by atoms with E-state index < -0.39 is 30.1 Å². The molecule has 7 nitrogen and oxygen atoms in total. The summed E-state index contributed by atoms with van der Waals surface area (Å²) in [6.07, 6.45) is 2.68. The highest BCUT2D eigenvalue weighted by Gasteiger charge is 2.34. The average Bonchev–Trinajstić information content (AvgIpc) is 3.16. The molecule has 2 aliphatic carbocycles. The van der Waals surface area contributed by atoms with Crippen LogP contribution in [0, 0.1) is 11.8 Å². The van der Waals surface area contributed by atoms with E-state index in [-0.39, 0.29) is 24.3 Å². The van der Waals surface area contributed by atoms with Crippen LogP contribution in [0.5, 0.6) is 0 Å². The van der Waals surface area contributed by atoms with Crippen LogP contribution in [0.4, 0.5) is 4.79 Å². The van der Waals surface area contributed by atoms with Crippen LogP contribution in [-0.4, -0.2) is 41.8 Å². The summed E-state index contributed by atoms with van der Waals surface area (Å²) < 4.78 is 5.63. The van der Waals surface area contributed by atoms with Gasteiger partial charge in [-0.3, -0.25) is 9.59 Å². The number of nitrogens with one attached hydrogen (secondary N) is 2. The van der Waals surface area contributed by atoms with E-state index >= 15 is 0 Å². The lowest BCUT2D eigenvalue weighted by atomic mass is 9.84. The maximum atomic E-state index is 13.1. The third kappa shape index (κ3) is 5.66. The van der Waals surface area contributed by atoms with Crippen LogP contribution in [0.25, 0.3) is 11.1 Å². The second-order valence-corrected chi connectivity index (χ2v) is 10.00. The SMILES string of the molecule is CC(C)C[C@H](NC(=O)OCC1c2ccccc2-c2ccccc21)C(=O)N[C@H]1CCCC[C@H]1C(=O)O. The highest BCUT2D eigenvalue weighted by atomic mass is 16.5. The van der Waals surface area contributed by atoms with E-state index in [2.05, 4.69) is 34.9 Å². The molecule has 2 aromatic rings. The fraction of sp³-hybridized carbons (Fsp3) is 0.464. The van der Waals surface area contributed by atoms with Gasteiger partial charge in [0.15, 0.2) is 0 Å². The van der Waals surface area contributed by atoms with E-state index in [1.165, 1.54) is 0 Å². The summed E-state index contributed by atoms with van der Waals surface area (Å²) in [6.45, 7) is 4.11. The minimum absolute atomic E-state index is 0.0657. The average molecular weight is 479 g/mol. The number of carbonyl (C=O) groups is 3. The van der Waals surface area contributed by atoms with Gasteiger partial charge in [-0.1, -0.05) is 75.2 Å². The van der Waals surface area contributed by atoms with E-state index in [1.807, 2.05) is 38.1 Å². The van der Waals surface area contributed by atoms with Crippen molar-refractivity contribution >= 4 is 18.0 Å². The molecule has 186 valence electrons. The molecule has 0 aromatic heterocycles. The van der Waals surface area contributed by atoms with Crippen molar-refractivity contribution in [2.45, 2.75) is 64.0 Å². The predicted octanol–water partition coefficient (Wildman–Crippen LogP) is 4.70. The number of benzene rings is 2. The van der Waals surface area contributed by atoms with Crippen molar-refractivity contribution in [1.29, 1.82) is 0 Å². The Hall–Kier alpha value is -3.35. The van der Waals surface area contributed by atoms with Crippen molar-refractivity contribution in [3.05, 3.63) is 59.7 Å². The van der Waals surface area contributed by atoms with Gasteiger partial charge >= 0.3 is 12.1 Å². The van der Waals surface area contributed by atoms with E-state index in [1.54, 1.807) is 0 Å². The molecule has 0 radical (unpaired) electrons. The van der Waals surface area contributed by atoms with Crippen molar-refractivity contribution in [3.63, 3.8) is 0 Å².